The van der Waals surface area contributed by atoms with Crippen molar-refractivity contribution >= 4 is 17.4 Å². The summed E-state index contributed by atoms with van der Waals surface area (Å²) in [5, 5.41) is 26.1. The molecule has 1 aromatic heterocycles. The van der Waals surface area contributed by atoms with Crippen molar-refractivity contribution in [3.63, 3.8) is 0 Å². The highest BCUT2D eigenvalue weighted by molar-refractivity contribution is 6.03. The Balaban J connectivity index is 1.21. The molecule has 15 heteroatoms. The number of hydrogen-bond donors (Lipinski definition) is 2. The molecule has 15 nitrogen and oxygen atoms in total. The highest BCUT2D eigenvalue weighted by Gasteiger charge is 2.48. The number of anilines is 1. The number of nitrogens with zero attached hydrogens (tertiary/aromatic N) is 3. The van der Waals surface area contributed by atoms with Crippen LogP contribution in [0.4, 0.5) is 11.5 Å². The molecule has 1 amide bonds. The fraction of sp³-hybridized carbons (Fsp3) is 0.222. The summed E-state index contributed by atoms with van der Waals surface area (Å²) in [6.07, 6.45) is -3.59. The number of nitro groups is 1. The van der Waals surface area contributed by atoms with E-state index in [0.29, 0.717) is 22.6 Å². The molecule has 60 heavy (non-hydrogen) atoms. The van der Waals surface area contributed by atoms with Crippen molar-refractivity contribution < 1.29 is 43.2 Å². The second-order valence-electron chi connectivity index (χ2n) is 13.7. The van der Waals surface area contributed by atoms with Crippen molar-refractivity contribution in [1.82, 2.24) is 9.55 Å². The van der Waals surface area contributed by atoms with Crippen molar-refractivity contribution in [2.45, 2.75) is 36.7 Å². The Bertz CT molecular complexity index is 2380. The number of aromatic nitrogens is 2. The molecule has 4 atom stereocenters. The minimum Gasteiger partial charge on any atom is -0.497 e. The van der Waals surface area contributed by atoms with Crippen molar-refractivity contribution in [3.05, 3.63) is 194 Å². The number of benzene rings is 5. The third kappa shape index (κ3) is 8.95. The van der Waals surface area contributed by atoms with E-state index in [1.54, 1.807) is 62.8 Å². The lowest BCUT2D eigenvalue weighted by atomic mass is 9.80. The summed E-state index contributed by atoms with van der Waals surface area (Å²) in [6, 6.07) is 40.6. The van der Waals surface area contributed by atoms with E-state index < -0.39 is 53.5 Å². The Morgan fingerprint density at radius 3 is 2.02 bits per heavy atom. The first-order valence-electron chi connectivity index (χ1n) is 18.9. The first-order valence-corrected chi connectivity index (χ1v) is 18.9. The Kier molecular flexibility index (Phi) is 13.0. The highest BCUT2D eigenvalue weighted by atomic mass is 16.7. The average Bonchev–Trinajstić information content (AvgIpc) is 3.60. The van der Waals surface area contributed by atoms with Gasteiger partial charge in [0.25, 0.3) is 11.6 Å². The van der Waals surface area contributed by atoms with Gasteiger partial charge in [0, 0.05) is 17.8 Å². The number of amides is 1. The molecular formula is C45H42N4O11. The third-order valence-electron chi connectivity index (χ3n) is 10.1. The summed E-state index contributed by atoms with van der Waals surface area (Å²) in [7, 11) is 3.16. The average molecular weight is 815 g/mol. The monoisotopic (exact) mass is 814 g/mol. The van der Waals surface area contributed by atoms with Crippen LogP contribution in [0.3, 0.4) is 0 Å². The van der Waals surface area contributed by atoms with Crippen LogP contribution >= 0.6 is 0 Å². The van der Waals surface area contributed by atoms with Gasteiger partial charge < -0.3 is 38.8 Å². The van der Waals surface area contributed by atoms with Gasteiger partial charge in [0.15, 0.2) is 6.23 Å². The summed E-state index contributed by atoms with van der Waals surface area (Å²) in [5.41, 5.74) is 0.773. The van der Waals surface area contributed by atoms with E-state index in [1.807, 2.05) is 78.9 Å². The van der Waals surface area contributed by atoms with Crippen LogP contribution in [0, 0.1) is 10.1 Å². The normalized spacial score (nSPS) is 17.5. The van der Waals surface area contributed by atoms with Gasteiger partial charge in [-0.05, 0) is 65.2 Å². The summed E-state index contributed by atoms with van der Waals surface area (Å²) in [4.78, 5) is 41.5. The molecule has 1 fully saturated rings. The zero-order chi connectivity index (χ0) is 42.1. The quantitative estimate of drug-likeness (QED) is 0.0348. The summed E-state index contributed by atoms with van der Waals surface area (Å²) < 4.78 is 37.4. The lowest BCUT2D eigenvalue weighted by molar-refractivity contribution is -0.386. The minimum atomic E-state index is -1.47. The number of hydrogen-bond acceptors (Lipinski definition) is 12. The molecule has 7 rings (SSSR count). The van der Waals surface area contributed by atoms with Gasteiger partial charge in [0.1, 0.15) is 48.0 Å². The molecule has 0 radical (unpaired) electrons. The van der Waals surface area contributed by atoms with E-state index in [2.05, 4.69) is 10.3 Å². The topological polar surface area (TPSA) is 183 Å². The van der Waals surface area contributed by atoms with E-state index in [-0.39, 0.29) is 24.7 Å². The standard InChI is InChI=1S/C45H42N4O11/c1-55-35-21-17-33(18-22-35)45(32-14-7-4-8-15-32,34-19-23-36(56-2)24-20-34)59-28-38-41(58-29-57-27-31-13-9-10-16-37(31)49(53)54)40(50)43(60-38)48-26-25-39(47-44(48)52)46-42(51)30-11-5-3-6-12-30/h3-26,38,40-41,43,50H,27-29H2,1-2H3,(H,46,47,51,52)/t38-,40-,41-,43-/m0/s1. The lowest BCUT2D eigenvalue weighted by Gasteiger charge is -2.37. The SMILES string of the molecule is COc1ccc(C(OC[C@@H]2O[C@H](n3ccc(NC(=O)c4ccccc4)nc3=O)[C@@H](O)[C@H]2OCOCc2ccccc2[N+](=O)[O-])(c2ccccc2)c2ccc(OC)cc2)cc1. The lowest BCUT2D eigenvalue weighted by Crippen LogP contribution is -2.41. The van der Waals surface area contributed by atoms with Gasteiger partial charge >= 0.3 is 5.69 Å². The molecule has 0 spiro atoms. The number of methoxy groups -OCH3 is 2. The van der Waals surface area contributed by atoms with Crippen LogP contribution in [-0.2, 0) is 31.2 Å². The number of carbonyl (C=O) groups is 1. The fourth-order valence-corrected chi connectivity index (χ4v) is 7.11. The zero-order valence-electron chi connectivity index (χ0n) is 32.7. The molecule has 0 aliphatic carbocycles. The Morgan fingerprint density at radius 2 is 1.42 bits per heavy atom. The third-order valence-corrected chi connectivity index (χ3v) is 10.1. The summed E-state index contributed by atoms with van der Waals surface area (Å²) >= 11 is 0. The molecule has 5 aromatic carbocycles. The number of carbonyl (C=O) groups excluding carboxylic acids is 1. The Morgan fingerprint density at radius 1 is 0.833 bits per heavy atom. The molecule has 308 valence electrons. The summed E-state index contributed by atoms with van der Waals surface area (Å²) in [5.74, 6) is 0.818. The van der Waals surface area contributed by atoms with Crippen molar-refractivity contribution in [3.8, 4) is 11.5 Å². The first-order chi connectivity index (χ1) is 29.2. The number of nitrogens with one attached hydrogen (secondary N) is 1. The zero-order valence-corrected chi connectivity index (χ0v) is 32.7. The molecule has 1 saturated heterocycles. The Labute approximate surface area is 344 Å². The maximum Gasteiger partial charge on any atom is 0.351 e. The molecule has 1 aliphatic heterocycles. The van der Waals surface area contributed by atoms with Crippen LogP contribution in [0.2, 0.25) is 0 Å². The van der Waals surface area contributed by atoms with Crippen LogP contribution in [0.25, 0.3) is 0 Å². The molecule has 0 unspecified atom stereocenters. The second kappa shape index (κ2) is 18.9. The number of para-hydroxylation sites is 1. The fourth-order valence-electron chi connectivity index (χ4n) is 7.11. The molecular weight excluding hydrogens is 773 g/mol. The smallest absolute Gasteiger partial charge is 0.351 e. The van der Waals surface area contributed by atoms with Crippen molar-refractivity contribution in [1.29, 1.82) is 0 Å². The van der Waals surface area contributed by atoms with Crippen molar-refractivity contribution in [2.24, 2.45) is 0 Å². The number of aliphatic hydroxyl groups is 1. The molecule has 0 bridgehead atoms. The van der Waals surface area contributed by atoms with E-state index in [9.17, 15) is 24.8 Å². The Hall–Kier alpha value is -6.75. The maximum atomic E-state index is 13.5. The first kappa shape index (κ1) is 41.4. The van der Waals surface area contributed by atoms with E-state index in [4.69, 9.17) is 28.4 Å². The van der Waals surface area contributed by atoms with Gasteiger partial charge in [-0.2, -0.15) is 4.98 Å². The number of nitro benzene ring substituents is 1. The van der Waals surface area contributed by atoms with Gasteiger partial charge in [-0.1, -0.05) is 84.9 Å². The summed E-state index contributed by atoms with van der Waals surface area (Å²) in [6.45, 7) is -0.751. The minimum absolute atomic E-state index is 0.000284. The maximum absolute atomic E-state index is 13.5. The van der Waals surface area contributed by atoms with Gasteiger partial charge in [0.05, 0.1) is 37.9 Å². The number of rotatable bonds is 17. The molecule has 0 saturated carbocycles. The largest absolute Gasteiger partial charge is 0.497 e. The van der Waals surface area contributed by atoms with E-state index in [1.165, 1.54) is 18.3 Å². The van der Waals surface area contributed by atoms with Crippen LogP contribution < -0.4 is 20.5 Å². The number of ether oxygens (including phenoxy) is 6. The van der Waals surface area contributed by atoms with Crippen LogP contribution in [0.15, 0.2) is 151 Å². The predicted octanol–water partition coefficient (Wildman–Crippen LogP) is 6.25. The van der Waals surface area contributed by atoms with Crippen molar-refractivity contribution in [2.75, 3.05) is 32.9 Å². The van der Waals surface area contributed by atoms with Gasteiger partial charge in [-0.15, -0.1) is 0 Å². The van der Waals surface area contributed by atoms with Gasteiger partial charge in [0.2, 0.25) is 0 Å². The van der Waals surface area contributed by atoms with E-state index >= 15 is 0 Å². The van der Waals surface area contributed by atoms with Crippen LogP contribution in [-0.4, -0.2) is 71.4 Å². The van der Waals surface area contributed by atoms with Crippen LogP contribution in [0.1, 0.15) is 38.8 Å². The van der Waals surface area contributed by atoms with Gasteiger partial charge in [-0.25, -0.2) is 4.79 Å². The second-order valence-corrected chi connectivity index (χ2v) is 13.7. The van der Waals surface area contributed by atoms with Gasteiger partial charge in [-0.3, -0.25) is 19.5 Å². The molecule has 2 heterocycles. The number of aliphatic hydroxyl groups excluding tert-OH is 1. The molecule has 1 aliphatic rings. The molecule has 6 aromatic rings. The predicted molar refractivity (Wildman–Crippen MR) is 219 cm³/mol. The highest BCUT2D eigenvalue weighted by Crippen LogP contribution is 2.43. The van der Waals surface area contributed by atoms with Crippen LogP contribution in [0.5, 0.6) is 11.5 Å². The molecule has 2 N–H and O–H groups in total. The van der Waals surface area contributed by atoms with E-state index in [0.717, 1.165) is 21.3 Å².